The summed E-state index contributed by atoms with van der Waals surface area (Å²) in [5.74, 6) is -0.0621. The molecule has 35 heavy (non-hydrogen) atoms. The number of thioether (sulfide) groups is 1. The Hall–Kier alpha value is -3.83. The van der Waals surface area contributed by atoms with E-state index in [0.29, 0.717) is 10.1 Å². The molecule has 2 heterocycles. The van der Waals surface area contributed by atoms with Gasteiger partial charge in [0.25, 0.3) is 5.91 Å². The molecular weight excluding hydrogens is 450 g/mol. The summed E-state index contributed by atoms with van der Waals surface area (Å²) in [6, 6.07) is 30.3. The van der Waals surface area contributed by atoms with Gasteiger partial charge in [-0.15, -0.1) is 0 Å². The maximum absolute atomic E-state index is 13.6. The van der Waals surface area contributed by atoms with Crippen molar-refractivity contribution < 1.29 is 4.79 Å². The number of hydrogen-bond donors (Lipinski definition) is 0. The molecule has 1 aliphatic heterocycles. The summed E-state index contributed by atoms with van der Waals surface area (Å²) in [5.41, 5.74) is 7.34. The van der Waals surface area contributed by atoms with Gasteiger partial charge in [0.2, 0.25) is 0 Å². The highest BCUT2D eigenvalue weighted by molar-refractivity contribution is 8.19. The van der Waals surface area contributed by atoms with E-state index >= 15 is 0 Å². The zero-order chi connectivity index (χ0) is 24.4. The molecule has 5 rings (SSSR count). The molecule has 1 fully saturated rings. The molecule has 5 heteroatoms. The van der Waals surface area contributed by atoms with Crippen molar-refractivity contribution in [1.29, 1.82) is 0 Å². The number of anilines is 1. The zero-order valence-corrected chi connectivity index (χ0v) is 20.9. The summed E-state index contributed by atoms with van der Waals surface area (Å²) in [6.45, 7) is 6.37. The minimum Gasteiger partial charge on any atom is -0.318 e. The van der Waals surface area contributed by atoms with Crippen molar-refractivity contribution in [1.82, 2.24) is 4.57 Å². The average molecular weight is 478 g/mol. The molecular formula is C30H27N3OS. The van der Waals surface area contributed by atoms with E-state index in [1.54, 1.807) is 4.90 Å². The average Bonchev–Trinajstić information content (AvgIpc) is 3.34. The van der Waals surface area contributed by atoms with E-state index in [9.17, 15) is 4.79 Å². The number of hydrogen-bond acceptors (Lipinski definition) is 3. The predicted molar refractivity (Wildman–Crippen MR) is 148 cm³/mol. The lowest BCUT2D eigenvalue weighted by Gasteiger charge is -2.15. The smallest absolute Gasteiger partial charge is 0.271 e. The molecule has 1 saturated heterocycles. The van der Waals surface area contributed by atoms with Gasteiger partial charge in [0, 0.05) is 17.1 Å². The van der Waals surface area contributed by atoms with Gasteiger partial charge in [-0.1, -0.05) is 55.5 Å². The van der Waals surface area contributed by atoms with E-state index in [2.05, 4.69) is 55.7 Å². The Labute approximate surface area is 210 Å². The Morgan fingerprint density at radius 2 is 1.51 bits per heavy atom. The van der Waals surface area contributed by atoms with Gasteiger partial charge in [0.1, 0.15) is 0 Å². The lowest BCUT2D eigenvalue weighted by atomic mass is 10.1. The van der Waals surface area contributed by atoms with Gasteiger partial charge in [-0.25, -0.2) is 4.99 Å². The van der Waals surface area contributed by atoms with Crippen molar-refractivity contribution in [3.8, 4) is 5.69 Å². The minimum atomic E-state index is -0.0621. The zero-order valence-electron chi connectivity index (χ0n) is 20.1. The summed E-state index contributed by atoms with van der Waals surface area (Å²) in [6.07, 6.45) is 3.01. The van der Waals surface area contributed by atoms with Gasteiger partial charge in [0.15, 0.2) is 5.17 Å². The molecule has 0 N–H and O–H groups in total. The predicted octanol–water partition coefficient (Wildman–Crippen LogP) is 7.47. The van der Waals surface area contributed by atoms with Crippen LogP contribution in [0, 0.1) is 13.8 Å². The fourth-order valence-electron chi connectivity index (χ4n) is 4.32. The fraction of sp³-hybridized carbons (Fsp3) is 0.133. The van der Waals surface area contributed by atoms with Crippen LogP contribution in [-0.4, -0.2) is 15.6 Å². The molecule has 0 atom stereocenters. The van der Waals surface area contributed by atoms with Crippen molar-refractivity contribution in [3.63, 3.8) is 0 Å². The maximum atomic E-state index is 13.6. The highest BCUT2D eigenvalue weighted by atomic mass is 32.2. The molecule has 1 aromatic heterocycles. The second kappa shape index (κ2) is 9.80. The molecule has 0 saturated carbocycles. The van der Waals surface area contributed by atoms with Crippen molar-refractivity contribution in [2.75, 3.05) is 4.90 Å². The highest BCUT2D eigenvalue weighted by Crippen LogP contribution is 2.38. The standard InChI is InChI=1S/C30H27N3OS/c1-4-23-15-17-27(18-16-23)32-21(2)19-24(22(32)3)20-28-29(34)33(26-13-9-6-10-14-26)30(35-28)31-25-11-7-5-8-12-25/h5-20H,4H2,1-3H3/b28-20-,31-30?. The number of aryl methyl sites for hydroxylation is 2. The number of nitrogens with zero attached hydrogens (tertiary/aromatic N) is 3. The molecule has 1 amide bonds. The highest BCUT2D eigenvalue weighted by Gasteiger charge is 2.35. The number of rotatable bonds is 5. The molecule has 0 unspecified atom stereocenters. The molecule has 0 aliphatic carbocycles. The number of aromatic nitrogens is 1. The molecule has 0 bridgehead atoms. The van der Waals surface area contributed by atoms with Crippen LogP contribution in [0.15, 0.2) is 101 Å². The Bertz CT molecular complexity index is 1420. The van der Waals surface area contributed by atoms with Crippen LogP contribution in [0.1, 0.15) is 29.4 Å². The summed E-state index contributed by atoms with van der Waals surface area (Å²) >= 11 is 1.41. The molecule has 1 aliphatic rings. The number of amidine groups is 1. The minimum absolute atomic E-state index is 0.0621. The van der Waals surface area contributed by atoms with E-state index in [1.165, 1.54) is 17.3 Å². The largest absolute Gasteiger partial charge is 0.318 e. The van der Waals surface area contributed by atoms with Gasteiger partial charge < -0.3 is 4.57 Å². The number of para-hydroxylation sites is 2. The van der Waals surface area contributed by atoms with Crippen LogP contribution in [-0.2, 0) is 11.2 Å². The topological polar surface area (TPSA) is 37.6 Å². The number of amides is 1. The third kappa shape index (κ3) is 4.60. The first kappa shape index (κ1) is 22.9. The second-order valence-electron chi connectivity index (χ2n) is 8.50. The SMILES string of the molecule is CCc1ccc(-n2c(C)cc(/C=C3\SC(=Nc4ccccc4)N(c4ccccc4)C3=O)c2C)cc1. The summed E-state index contributed by atoms with van der Waals surface area (Å²) < 4.78 is 2.24. The van der Waals surface area contributed by atoms with E-state index < -0.39 is 0 Å². The van der Waals surface area contributed by atoms with Gasteiger partial charge >= 0.3 is 0 Å². The van der Waals surface area contributed by atoms with Crippen LogP contribution in [0.3, 0.4) is 0 Å². The van der Waals surface area contributed by atoms with Gasteiger partial charge in [-0.3, -0.25) is 9.69 Å². The molecule has 174 valence electrons. The van der Waals surface area contributed by atoms with Crippen LogP contribution in [0.2, 0.25) is 0 Å². The van der Waals surface area contributed by atoms with Gasteiger partial charge in [-0.05, 0) is 91.7 Å². The van der Waals surface area contributed by atoms with E-state index in [4.69, 9.17) is 4.99 Å². The van der Waals surface area contributed by atoms with E-state index in [-0.39, 0.29) is 5.91 Å². The second-order valence-corrected chi connectivity index (χ2v) is 9.51. The first-order valence-corrected chi connectivity index (χ1v) is 12.6. The van der Waals surface area contributed by atoms with Crippen molar-refractivity contribution in [3.05, 3.63) is 118 Å². The van der Waals surface area contributed by atoms with Crippen molar-refractivity contribution in [2.24, 2.45) is 4.99 Å². The van der Waals surface area contributed by atoms with Crippen LogP contribution >= 0.6 is 11.8 Å². The van der Waals surface area contributed by atoms with Gasteiger partial charge in [-0.2, -0.15) is 0 Å². The number of benzene rings is 3. The number of aliphatic imine (C=N–C) groups is 1. The number of carbonyl (C=O) groups is 1. The van der Waals surface area contributed by atoms with Crippen LogP contribution < -0.4 is 4.90 Å². The van der Waals surface area contributed by atoms with Crippen LogP contribution in [0.4, 0.5) is 11.4 Å². The van der Waals surface area contributed by atoms with Crippen molar-refractivity contribution in [2.45, 2.75) is 27.2 Å². The molecule has 4 nitrogen and oxygen atoms in total. The quantitative estimate of drug-likeness (QED) is 0.280. The molecule has 0 radical (unpaired) electrons. The fourth-order valence-corrected chi connectivity index (χ4v) is 5.31. The Balaban J connectivity index is 1.55. The van der Waals surface area contributed by atoms with Crippen LogP contribution in [0.5, 0.6) is 0 Å². The summed E-state index contributed by atoms with van der Waals surface area (Å²) in [5, 5.41) is 0.655. The lowest BCUT2D eigenvalue weighted by molar-refractivity contribution is -0.113. The van der Waals surface area contributed by atoms with E-state index in [0.717, 1.165) is 40.4 Å². The first-order chi connectivity index (χ1) is 17.0. The molecule has 0 spiro atoms. The molecule has 3 aromatic carbocycles. The van der Waals surface area contributed by atoms with Crippen molar-refractivity contribution >= 4 is 40.3 Å². The third-order valence-electron chi connectivity index (χ3n) is 6.16. The Morgan fingerprint density at radius 3 is 2.17 bits per heavy atom. The van der Waals surface area contributed by atoms with Crippen LogP contribution in [0.25, 0.3) is 11.8 Å². The monoisotopic (exact) mass is 477 g/mol. The summed E-state index contributed by atoms with van der Waals surface area (Å²) in [4.78, 5) is 20.8. The lowest BCUT2D eigenvalue weighted by Crippen LogP contribution is -2.28. The molecule has 4 aromatic rings. The Kier molecular flexibility index (Phi) is 6.43. The van der Waals surface area contributed by atoms with E-state index in [1.807, 2.05) is 66.7 Å². The first-order valence-electron chi connectivity index (χ1n) is 11.8. The maximum Gasteiger partial charge on any atom is 0.271 e. The number of carbonyl (C=O) groups excluding carboxylic acids is 1. The summed E-state index contributed by atoms with van der Waals surface area (Å²) in [7, 11) is 0. The normalized spacial score (nSPS) is 16.0. The third-order valence-corrected chi connectivity index (χ3v) is 7.13. The Morgan fingerprint density at radius 1 is 0.857 bits per heavy atom. The van der Waals surface area contributed by atoms with Gasteiger partial charge in [0.05, 0.1) is 16.3 Å².